The lowest BCUT2D eigenvalue weighted by atomic mass is 10.2. The van der Waals surface area contributed by atoms with Gasteiger partial charge in [-0.3, -0.25) is 4.98 Å². The van der Waals surface area contributed by atoms with Crippen LogP contribution in [0.25, 0.3) is 17.0 Å². The van der Waals surface area contributed by atoms with Crippen molar-refractivity contribution in [3.8, 4) is 0 Å². The molecule has 0 aliphatic heterocycles. The molecule has 0 saturated carbocycles. The van der Waals surface area contributed by atoms with Crippen molar-refractivity contribution in [2.75, 3.05) is 0 Å². The number of para-hydroxylation sites is 1. The summed E-state index contributed by atoms with van der Waals surface area (Å²) in [5.41, 5.74) is 2.33. The van der Waals surface area contributed by atoms with Gasteiger partial charge in [0.25, 0.3) is 0 Å². The number of carbonyl (C=O) groups is 1. The largest absolute Gasteiger partial charge is 0.456 e. The van der Waals surface area contributed by atoms with Crippen molar-refractivity contribution in [3.63, 3.8) is 0 Å². The molecular weight excluding hydrogens is 276 g/mol. The molecule has 0 radical (unpaired) electrons. The van der Waals surface area contributed by atoms with Crippen LogP contribution >= 0.6 is 0 Å². The minimum absolute atomic E-state index is 0.162. The molecule has 3 aromatic rings. The highest BCUT2D eigenvalue weighted by atomic mass is 16.5. The average molecular weight is 290 g/mol. The molecule has 0 spiro atoms. The summed E-state index contributed by atoms with van der Waals surface area (Å²) < 4.78 is 5.12. The fourth-order valence-electron chi connectivity index (χ4n) is 2.00. The second kappa shape index (κ2) is 6.63. The van der Waals surface area contributed by atoms with Crippen LogP contribution in [0.15, 0.2) is 66.9 Å². The SMILES string of the molecule is O=C(/C=C/c1ccc2ccccc2n1)OCc1ccccn1. The van der Waals surface area contributed by atoms with Crippen molar-refractivity contribution < 1.29 is 9.53 Å². The highest BCUT2D eigenvalue weighted by molar-refractivity contribution is 5.87. The summed E-state index contributed by atoms with van der Waals surface area (Å²) in [5, 5.41) is 1.07. The summed E-state index contributed by atoms with van der Waals surface area (Å²) in [6.07, 6.45) is 4.69. The van der Waals surface area contributed by atoms with E-state index in [9.17, 15) is 4.79 Å². The van der Waals surface area contributed by atoms with E-state index in [4.69, 9.17) is 4.74 Å². The maximum Gasteiger partial charge on any atom is 0.331 e. The molecule has 2 aromatic heterocycles. The predicted octanol–water partition coefficient (Wildman–Crippen LogP) is 3.39. The van der Waals surface area contributed by atoms with Crippen LogP contribution in [-0.4, -0.2) is 15.9 Å². The summed E-state index contributed by atoms with van der Waals surface area (Å²) >= 11 is 0. The number of carbonyl (C=O) groups excluding carboxylic acids is 1. The molecule has 0 saturated heterocycles. The third-order valence-electron chi connectivity index (χ3n) is 3.10. The van der Waals surface area contributed by atoms with Crippen LogP contribution in [0.3, 0.4) is 0 Å². The van der Waals surface area contributed by atoms with Crippen LogP contribution in [0.1, 0.15) is 11.4 Å². The monoisotopic (exact) mass is 290 g/mol. The minimum atomic E-state index is -0.416. The first-order chi connectivity index (χ1) is 10.8. The maximum atomic E-state index is 11.7. The van der Waals surface area contributed by atoms with Gasteiger partial charge in [-0.1, -0.05) is 30.3 Å². The van der Waals surface area contributed by atoms with Gasteiger partial charge in [0.1, 0.15) is 6.61 Å². The van der Waals surface area contributed by atoms with Crippen molar-refractivity contribution in [1.82, 2.24) is 9.97 Å². The fourth-order valence-corrected chi connectivity index (χ4v) is 2.00. The topological polar surface area (TPSA) is 52.1 Å². The van der Waals surface area contributed by atoms with Crippen LogP contribution in [0.4, 0.5) is 0 Å². The first-order valence-corrected chi connectivity index (χ1v) is 6.92. The predicted molar refractivity (Wildman–Crippen MR) is 84.8 cm³/mol. The Labute approximate surface area is 128 Å². The molecule has 4 heteroatoms. The van der Waals surface area contributed by atoms with E-state index < -0.39 is 5.97 Å². The van der Waals surface area contributed by atoms with Gasteiger partial charge in [-0.25, -0.2) is 9.78 Å². The molecule has 0 amide bonds. The first kappa shape index (κ1) is 13.9. The molecule has 0 bridgehead atoms. The first-order valence-electron chi connectivity index (χ1n) is 6.92. The molecule has 22 heavy (non-hydrogen) atoms. The smallest absolute Gasteiger partial charge is 0.331 e. The van der Waals surface area contributed by atoms with Crippen molar-refractivity contribution in [2.45, 2.75) is 6.61 Å². The number of benzene rings is 1. The number of hydrogen-bond acceptors (Lipinski definition) is 4. The van der Waals surface area contributed by atoms with E-state index in [0.717, 1.165) is 10.9 Å². The zero-order valence-corrected chi connectivity index (χ0v) is 11.8. The Morgan fingerprint density at radius 3 is 2.77 bits per heavy atom. The Kier molecular flexibility index (Phi) is 4.20. The molecule has 3 rings (SSSR count). The molecule has 0 N–H and O–H groups in total. The molecule has 0 aliphatic rings. The Hall–Kier alpha value is -3.01. The van der Waals surface area contributed by atoms with E-state index in [-0.39, 0.29) is 6.61 Å². The van der Waals surface area contributed by atoms with Gasteiger partial charge in [-0.2, -0.15) is 0 Å². The summed E-state index contributed by atoms with van der Waals surface area (Å²) in [5.74, 6) is -0.416. The number of hydrogen-bond donors (Lipinski definition) is 0. The number of ether oxygens (including phenoxy) is 1. The average Bonchev–Trinajstić information content (AvgIpc) is 2.59. The highest BCUT2D eigenvalue weighted by Gasteiger charge is 2.00. The third-order valence-corrected chi connectivity index (χ3v) is 3.10. The second-order valence-corrected chi connectivity index (χ2v) is 4.69. The van der Waals surface area contributed by atoms with Crippen LogP contribution in [0.5, 0.6) is 0 Å². The summed E-state index contributed by atoms with van der Waals surface area (Å²) in [7, 11) is 0. The van der Waals surface area contributed by atoms with Crippen LogP contribution in [0, 0.1) is 0 Å². The van der Waals surface area contributed by atoms with Gasteiger partial charge in [0.15, 0.2) is 0 Å². The van der Waals surface area contributed by atoms with Gasteiger partial charge in [0.05, 0.1) is 16.9 Å². The number of fused-ring (bicyclic) bond motifs is 1. The lowest BCUT2D eigenvalue weighted by Crippen LogP contribution is -2.01. The van der Waals surface area contributed by atoms with E-state index in [1.54, 1.807) is 12.3 Å². The van der Waals surface area contributed by atoms with Gasteiger partial charge in [-0.05, 0) is 30.3 Å². The number of aromatic nitrogens is 2. The molecule has 0 atom stereocenters. The normalized spacial score (nSPS) is 10.9. The lowest BCUT2D eigenvalue weighted by Gasteiger charge is -2.01. The van der Waals surface area contributed by atoms with Crippen molar-refractivity contribution in [1.29, 1.82) is 0 Å². The van der Waals surface area contributed by atoms with Gasteiger partial charge < -0.3 is 4.74 Å². The quantitative estimate of drug-likeness (QED) is 0.546. The summed E-state index contributed by atoms with van der Waals surface area (Å²) in [6, 6.07) is 17.1. The Morgan fingerprint density at radius 1 is 1.05 bits per heavy atom. The molecule has 0 unspecified atom stereocenters. The van der Waals surface area contributed by atoms with E-state index in [0.29, 0.717) is 11.4 Å². The number of nitrogens with zero attached hydrogens (tertiary/aromatic N) is 2. The zero-order valence-electron chi connectivity index (χ0n) is 11.8. The van der Waals surface area contributed by atoms with E-state index >= 15 is 0 Å². The Morgan fingerprint density at radius 2 is 1.91 bits per heavy atom. The van der Waals surface area contributed by atoms with Crippen molar-refractivity contribution in [2.24, 2.45) is 0 Å². The highest BCUT2D eigenvalue weighted by Crippen LogP contribution is 2.12. The lowest BCUT2D eigenvalue weighted by molar-refractivity contribution is -0.139. The Balaban J connectivity index is 1.63. The van der Waals surface area contributed by atoms with Crippen LogP contribution in [-0.2, 0) is 16.1 Å². The standard InChI is InChI=1S/C18H14N2O2/c21-18(22-13-16-6-3-4-12-19-16)11-10-15-9-8-14-5-1-2-7-17(14)20-15/h1-12H,13H2/b11-10+. The maximum absolute atomic E-state index is 11.7. The van der Waals surface area contributed by atoms with E-state index in [2.05, 4.69) is 9.97 Å². The molecular formula is C18H14N2O2. The molecule has 0 fully saturated rings. The van der Waals surface area contributed by atoms with E-state index in [1.165, 1.54) is 6.08 Å². The summed E-state index contributed by atoms with van der Waals surface area (Å²) in [6.45, 7) is 0.162. The fraction of sp³-hybridized carbons (Fsp3) is 0.0556. The Bertz CT molecular complexity index is 813. The number of esters is 1. The molecule has 1 aromatic carbocycles. The van der Waals surface area contributed by atoms with Crippen molar-refractivity contribution in [3.05, 3.63) is 78.3 Å². The number of pyridine rings is 2. The van der Waals surface area contributed by atoms with E-state index in [1.807, 2.05) is 54.6 Å². The van der Waals surface area contributed by atoms with Gasteiger partial charge in [0.2, 0.25) is 0 Å². The minimum Gasteiger partial charge on any atom is -0.456 e. The molecule has 0 aliphatic carbocycles. The van der Waals surface area contributed by atoms with Crippen LogP contribution < -0.4 is 0 Å². The molecule has 108 valence electrons. The third kappa shape index (κ3) is 3.55. The molecule has 2 heterocycles. The van der Waals surface area contributed by atoms with Crippen LogP contribution in [0.2, 0.25) is 0 Å². The van der Waals surface area contributed by atoms with Gasteiger partial charge >= 0.3 is 5.97 Å². The summed E-state index contributed by atoms with van der Waals surface area (Å²) in [4.78, 5) is 20.2. The van der Waals surface area contributed by atoms with Gasteiger partial charge in [-0.15, -0.1) is 0 Å². The zero-order chi connectivity index (χ0) is 15.2. The molecule has 4 nitrogen and oxygen atoms in total. The number of rotatable bonds is 4. The van der Waals surface area contributed by atoms with Gasteiger partial charge in [0, 0.05) is 17.7 Å². The van der Waals surface area contributed by atoms with Crippen molar-refractivity contribution >= 4 is 22.9 Å². The second-order valence-electron chi connectivity index (χ2n) is 4.69.